The third kappa shape index (κ3) is 3.83. The third-order valence-electron chi connectivity index (χ3n) is 3.84. The van der Waals surface area contributed by atoms with Crippen molar-refractivity contribution in [2.24, 2.45) is 11.8 Å². The normalized spacial score (nSPS) is 21.1. The van der Waals surface area contributed by atoms with Gasteiger partial charge in [-0.15, -0.1) is 0 Å². The lowest BCUT2D eigenvalue weighted by Gasteiger charge is -2.35. The van der Waals surface area contributed by atoms with Gasteiger partial charge in [-0.25, -0.2) is 0 Å². The molecule has 0 bridgehead atoms. The number of hydrogen-bond donors (Lipinski definition) is 0. The van der Waals surface area contributed by atoms with Gasteiger partial charge >= 0.3 is 5.97 Å². The second-order valence-corrected chi connectivity index (χ2v) is 5.66. The minimum atomic E-state index is -0.411. The summed E-state index contributed by atoms with van der Waals surface area (Å²) in [6.07, 6.45) is 2.67. The predicted octanol–water partition coefficient (Wildman–Crippen LogP) is 3.43. The number of halogens is 1. The van der Waals surface area contributed by atoms with Crippen LogP contribution < -0.4 is 0 Å². The number of carbonyl (C=O) groups excluding carboxylic acids is 2. The molecule has 1 saturated carbocycles. The molecule has 2 unspecified atom stereocenters. The number of hydrogen-bond acceptors (Lipinski definition) is 3. The van der Waals surface area contributed by atoms with Crippen LogP contribution in [0.1, 0.15) is 31.7 Å². The molecule has 1 aromatic carbocycles. The van der Waals surface area contributed by atoms with Crippen molar-refractivity contribution in [1.82, 2.24) is 0 Å². The molecule has 108 valence electrons. The minimum Gasteiger partial charge on any atom is -0.466 e. The zero-order valence-electron chi connectivity index (χ0n) is 11.6. The molecule has 0 aromatic heterocycles. The third-order valence-corrected chi connectivity index (χ3v) is 4.08. The summed E-state index contributed by atoms with van der Waals surface area (Å²) in [4.78, 5) is 23.4. The molecule has 2 atom stereocenters. The summed E-state index contributed by atoms with van der Waals surface area (Å²) in [7, 11) is 0. The SMILES string of the molecule is CCOC(=O)CC(=O)C1CCC1Cc1cccc(Cl)c1. The smallest absolute Gasteiger partial charge is 0.313 e. The van der Waals surface area contributed by atoms with E-state index in [1.165, 1.54) is 0 Å². The van der Waals surface area contributed by atoms with E-state index in [2.05, 4.69) is 0 Å². The first-order chi connectivity index (χ1) is 9.60. The van der Waals surface area contributed by atoms with E-state index < -0.39 is 5.97 Å². The zero-order valence-corrected chi connectivity index (χ0v) is 12.4. The second kappa shape index (κ2) is 6.89. The molecular formula is C16H19ClO3. The number of ketones is 1. The lowest BCUT2D eigenvalue weighted by Crippen LogP contribution is -2.35. The zero-order chi connectivity index (χ0) is 14.5. The second-order valence-electron chi connectivity index (χ2n) is 5.23. The standard InChI is InChI=1S/C16H19ClO3/c1-2-20-16(19)10-15(18)14-7-6-12(14)8-11-4-3-5-13(17)9-11/h3-5,9,12,14H,2,6-8,10H2,1H3. The van der Waals surface area contributed by atoms with Gasteiger partial charge in [-0.05, 0) is 49.8 Å². The van der Waals surface area contributed by atoms with Gasteiger partial charge in [-0.1, -0.05) is 23.7 Å². The topological polar surface area (TPSA) is 43.4 Å². The van der Waals surface area contributed by atoms with E-state index in [0.717, 1.165) is 29.8 Å². The van der Waals surface area contributed by atoms with Crippen molar-refractivity contribution in [2.75, 3.05) is 6.61 Å². The Morgan fingerprint density at radius 2 is 2.15 bits per heavy atom. The van der Waals surface area contributed by atoms with E-state index in [1.54, 1.807) is 6.92 Å². The quantitative estimate of drug-likeness (QED) is 0.596. The highest BCUT2D eigenvalue weighted by atomic mass is 35.5. The first-order valence-electron chi connectivity index (χ1n) is 7.03. The van der Waals surface area contributed by atoms with Crippen LogP contribution in [-0.4, -0.2) is 18.4 Å². The summed E-state index contributed by atoms with van der Waals surface area (Å²) in [6.45, 7) is 2.07. The largest absolute Gasteiger partial charge is 0.466 e. The summed E-state index contributed by atoms with van der Waals surface area (Å²) in [5.74, 6) is -0.0681. The van der Waals surface area contributed by atoms with Crippen LogP contribution in [0.15, 0.2) is 24.3 Å². The molecule has 4 heteroatoms. The maximum absolute atomic E-state index is 12.1. The number of carbonyl (C=O) groups is 2. The fourth-order valence-corrected chi connectivity index (χ4v) is 2.90. The minimum absolute atomic E-state index is 0.00149. The van der Waals surface area contributed by atoms with Gasteiger partial charge in [0, 0.05) is 10.9 Å². The lowest BCUT2D eigenvalue weighted by atomic mass is 9.68. The Labute approximate surface area is 124 Å². The predicted molar refractivity (Wildman–Crippen MR) is 77.6 cm³/mol. The van der Waals surface area contributed by atoms with Gasteiger partial charge < -0.3 is 4.74 Å². The van der Waals surface area contributed by atoms with Gasteiger partial charge in [0.1, 0.15) is 12.2 Å². The monoisotopic (exact) mass is 294 g/mol. The Morgan fingerprint density at radius 1 is 1.35 bits per heavy atom. The van der Waals surface area contributed by atoms with Gasteiger partial charge in [0.15, 0.2) is 0 Å². The molecule has 0 amide bonds. The molecule has 0 spiro atoms. The fourth-order valence-electron chi connectivity index (χ4n) is 2.69. The van der Waals surface area contributed by atoms with Gasteiger partial charge in [0.05, 0.1) is 6.61 Å². The van der Waals surface area contributed by atoms with Crippen LogP contribution in [-0.2, 0) is 20.7 Å². The van der Waals surface area contributed by atoms with Crippen molar-refractivity contribution in [1.29, 1.82) is 0 Å². The molecule has 3 nitrogen and oxygen atoms in total. The molecule has 0 heterocycles. The van der Waals surface area contributed by atoms with E-state index >= 15 is 0 Å². The van der Waals surface area contributed by atoms with Crippen LogP contribution in [0.5, 0.6) is 0 Å². The maximum Gasteiger partial charge on any atom is 0.313 e. The molecule has 1 fully saturated rings. The molecule has 0 N–H and O–H groups in total. The summed E-state index contributed by atoms with van der Waals surface area (Å²) >= 11 is 5.96. The van der Waals surface area contributed by atoms with Crippen molar-refractivity contribution >= 4 is 23.4 Å². The molecule has 0 radical (unpaired) electrons. The van der Waals surface area contributed by atoms with Crippen molar-refractivity contribution < 1.29 is 14.3 Å². The molecule has 1 aliphatic carbocycles. The molecule has 2 rings (SSSR count). The summed E-state index contributed by atoms with van der Waals surface area (Å²) in [5.41, 5.74) is 1.15. The molecule has 0 saturated heterocycles. The first kappa shape index (κ1) is 15.0. The van der Waals surface area contributed by atoms with Crippen molar-refractivity contribution in [3.8, 4) is 0 Å². The van der Waals surface area contributed by atoms with Gasteiger partial charge in [-0.2, -0.15) is 0 Å². The molecular weight excluding hydrogens is 276 g/mol. The molecule has 20 heavy (non-hydrogen) atoms. The molecule has 0 aliphatic heterocycles. The highest BCUT2D eigenvalue weighted by molar-refractivity contribution is 6.30. The number of rotatable bonds is 6. The first-order valence-corrected chi connectivity index (χ1v) is 7.40. The highest BCUT2D eigenvalue weighted by Gasteiger charge is 2.36. The number of ether oxygens (including phenoxy) is 1. The number of esters is 1. The van der Waals surface area contributed by atoms with Gasteiger partial charge in [0.2, 0.25) is 0 Å². The van der Waals surface area contributed by atoms with E-state index in [-0.39, 0.29) is 18.1 Å². The summed E-state index contributed by atoms with van der Waals surface area (Å²) < 4.78 is 4.82. The van der Waals surface area contributed by atoms with Crippen molar-refractivity contribution in [3.63, 3.8) is 0 Å². The Balaban J connectivity index is 1.88. The molecule has 1 aromatic rings. The average Bonchev–Trinajstić information content (AvgIpc) is 2.34. The van der Waals surface area contributed by atoms with Crippen LogP contribution in [0.2, 0.25) is 5.02 Å². The van der Waals surface area contributed by atoms with E-state index in [9.17, 15) is 9.59 Å². The Bertz CT molecular complexity index is 498. The maximum atomic E-state index is 12.1. The number of benzene rings is 1. The highest BCUT2D eigenvalue weighted by Crippen LogP contribution is 2.38. The van der Waals surface area contributed by atoms with Crippen molar-refractivity contribution in [2.45, 2.75) is 32.6 Å². The van der Waals surface area contributed by atoms with E-state index in [1.807, 2.05) is 24.3 Å². The van der Waals surface area contributed by atoms with Crippen LogP contribution in [0.25, 0.3) is 0 Å². The van der Waals surface area contributed by atoms with E-state index in [0.29, 0.717) is 12.5 Å². The van der Waals surface area contributed by atoms with Gasteiger partial charge in [0.25, 0.3) is 0 Å². The lowest BCUT2D eigenvalue weighted by molar-refractivity contribution is -0.147. The van der Waals surface area contributed by atoms with Crippen LogP contribution >= 0.6 is 11.6 Å². The van der Waals surface area contributed by atoms with Crippen molar-refractivity contribution in [3.05, 3.63) is 34.9 Å². The Morgan fingerprint density at radius 3 is 2.75 bits per heavy atom. The Hall–Kier alpha value is -1.35. The fraction of sp³-hybridized carbons (Fsp3) is 0.500. The van der Waals surface area contributed by atoms with Crippen LogP contribution in [0.3, 0.4) is 0 Å². The number of Topliss-reactive ketones (excluding diaryl/α,β-unsaturated/α-hetero) is 1. The average molecular weight is 295 g/mol. The van der Waals surface area contributed by atoms with E-state index in [4.69, 9.17) is 16.3 Å². The van der Waals surface area contributed by atoms with Gasteiger partial charge in [-0.3, -0.25) is 9.59 Å². The Kier molecular flexibility index (Phi) is 5.18. The molecule has 1 aliphatic rings. The summed E-state index contributed by atoms with van der Waals surface area (Å²) in [5, 5.41) is 0.719. The van der Waals surface area contributed by atoms with Crippen LogP contribution in [0.4, 0.5) is 0 Å². The summed E-state index contributed by atoms with van der Waals surface area (Å²) in [6, 6.07) is 7.73. The van der Waals surface area contributed by atoms with Crippen LogP contribution in [0, 0.1) is 11.8 Å².